The van der Waals surface area contributed by atoms with Crippen molar-refractivity contribution < 1.29 is 4.79 Å². The summed E-state index contributed by atoms with van der Waals surface area (Å²) in [6.07, 6.45) is 0. The molecule has 3 heteroatoms. The Kier molecular flexibility index (Phi) is 2.31. The van der Waals surface area contributed by atoms with Crippen LogP contribution in [0, 0.1) is 0 Å². The molecule has 1 aromatic carbocycles. The normalized spacial score (nSPS) is 26.7. The van der Waals surface area contributed by atoms with Gasteiger partial charge in [-0.2, -0.15) is 0 Å². The summed E-state index contributed by atoms with van der Waals surface area (Å²) in [5.74, 6) is 0.687. The van der Waals surface area contributed by atoms with Crippen molar-refractivity contribution in [1.29, 1.82) is 0 Å². The van der Waals surface area contributed by atoms with Gasteiger partial charge in [0.25, 0.3) is 0 Å². The molecule has 4 rings (SSSR count). The van der Waals surface area contributed by atoms with E-state index in [2.05, 4.69) is 43.5 Å². The van der Waals surface area contributed by atoms with Crippen molar-refractivity contribution in [3.05, 3.63) is 51.7 Å². The monoisotopic (exact) mass is 286 g/mol. The zero-order valence-electron chi connectivity index (χ0n) is 10.8. The number of benzene rings is 1. The smallest absolute Gasteiger partial charge is 0.172 e. The van der Waals surface area contributed by atoms with E-state index in [1.54, 1.807) is 11.3 Å². The highest BCUT2D eigenvalue weighted by Crippen LogP contribution is 2.61. The number of carbonyl (C=O) groups is 1. The first-order valence-corrected chi connectivity index (χ1v) is 8.19. The number of hydrogen-bond acceptors (Lipinski definition) is 3. The van der Waals surface area contributed by atoms with Crippen molar-refractivity contribution in [2.75, 3.05) is 0 Å². The highest BCUT2D eigenvalue weighted by atomic mass is 32.2. The minimum Gasteiger partial charge on any atom is -0.293 e. The third-order valence-electron chi connectivity index (χ3n) is 4.23. The minimum atomic E-state index is 0.0369. The zero-order valence-corrected chi connectivity index (χ0v) is 12.5. The van der Waals surface area contributed by atoms with Crippen LogP contribution in [0.4, 0.5) is 0 Å². The molecule has 0 saturated carbocycles. The average Bonchev–Trinajstić information content (AvgIpc) is 2.92. The number of thiophene rings is 1. The summed E-state index contributed by atoms with van der Waals surface area (Å²) < 4.78 is 0.0742. The summed E-state index contributed by atoms with van der Waals surface area (Å²) in [5.41, 5.74) is 2.19. The highest BCUT2D eigenvalue weighted by Gasteiger charge is 2.52. The zero-order chi connectivity index (χ0) is 13.2. The van der Waals surface area contributed by atoms with Gasteiger partial charge in [-0.05, 0) is 36.9 Å². The third kappa shape index (κ3) is 1.46. The van der Waals surface area contributed by atoms with Crippen LogP contribution in [0.3, 0.4) is 0 Å². The van der Waals surface area contributed by atoms with Gasteiger partial charge in [-0.25, -0.2) is 0 Å². The lowest BCUT2D eigenvalue weighted by Crippen LogP contribution is -2.33. The second-order valence-electron chi connectivity index (χ2n) is 5.76. The Bertz CT molecular complexity index is 684. The van der Waals surface area contributed by atoms with E-state index in [1.807, 2.05) is 17.8 Å². The van der Waals surface area contributed by atoms with Crippen LogP contribution < -0.4 is 0 Å². The van der Waals surface area contributed by atoms with Crippen molar-refractivity contribution in [1.82, 2.24) is 0 Å². The van der Waals surface area contributed by atoms with Gasteiger partial charge in [0.15, 0.2) is 5.78 Å². The molecule has 0 saturated heterocycles. The number of ketones is 1. The summed E-state index contributed by atoms with van der Waals surface area (Å²) in [7, 11) is 0. The fourth-order valence-electron chi connectivity index (χ4n) is 3.45. The molecule has 0 spiro atoms. The fraction of sp³-hybridized carbons (Fsp3) is 0.312. The Morgan fingerprint density at radius 2 is 1.95 bits per heavy atom. The maximum Gasteiger partial charge on any atom is 0.172 e. The molecule has 1 aromatic heterocycles. The first kappa shape index (κ1) is 11.7. The van der Waals surface area contributed by atoms with E-state index < -0.39 is 0 Å². The van der Waals surface area contributed by atoms with Crippen LogP contribution in [0.15, 0.2) is 40.6 Å². The molecule has 2 atom stereocenters. The number of hydrogen-bond donors (Lipinski definition) is 0. The van der Waals surface area contributed by atoms with Crippen LogP contribution in [0.5, 0.6) is 0 Å². The van der Waals surface area contributed by atoms with Crippen molar-refractivity contribution in [3.63, 3.8) is 0 Å². The lowest BCUT2D eigenvalue weighted by molar-refractivity contribution is 0.0958. The van der Waals surface area contributed by atoms with Gasteiger partial charge in [-0.1, -0.05) is 18.2 Å². The summed E-state index contributed by atoms with van der Waals surface area (Å²) in [6, 6.07) is 10.4. The van der Waals surface area contributed by atoms with Crippen LogP contribution in [-0.2, 0) is 0 Å². The van der Waals surface area contributed by atoms with Gasteiger partial charge in [-0.3, -0.25) is 4.79 Å². The first-order chi connectivity index (χ1) is 9.09. The molecule has 1 nitrogen and oxygen atoms in total. The van der Waals surface area contributed by atoms with E-state index in [-0.39, 0.29) is 10.7 Å². The summed E-state index contributed by atoms with van der Waals surface area (Å²) in [6.45, 7) is 4.54. The van der Waals surface area contributed by atoms with Gasteiger partial charge in [0.1, 0.15) is 0 Å². The molecule has 2 aliphatic rings. The highest BCUT2D eigenvalue weighted by molar-refractivity contribution is 8.00. The van der Waals surface area contributed by atoms with Gasteiger partial charge in [0.05, 0.1) is 5.92 Å². The Balaban J connectivity index is 1.99. The van der Waals surface area contributed by atoms with E-state index in [9.17, 15) is 4.79 Å². The Morgan fingerprint density at radius 3 is 2.79 bits per heavy atom. The van der Waals surface area contributed by atoms with Crippen molar-refractivity contribution in [2.45, 2.75) is 35.3 Å². The van der Waals surface area contributed by atoms with Crippen LogP contribution in [0.1, 0.15) is 46.5 Å². The molecule has 0 N–H and O–H groups in total. The van der Waals surface area contributed by atoms with Crippen LogP contribution in [-0.4, -0.2) is 10.5 Å². The molecular weight excluding hydrogens is 272 g/mol. The largest absolute Gasteiger partial charge is 0.293 e. The fourth-order valence-corrected chi connectivity index (χ4v) is 6.16. The second kappa shape index (κ2) is 3.74. The van der Waals surface area contributed by atoms with Gasteiger partial charge in [0, 0.05) is 26.0 Å². The molecule has 19 heavy (non-hydrogen) atoms. The number of rotatable bonds is 0. The molecule has 0 bridgehead atoms. The molecule has 2 aromatic rings. The van der Waals surface area contributed by atoms with Crippen LogP contribution >= 0.6 is 23.1 Å². The topological polar surface area (TPSA) is 17.1 Å². The van der Waals surface area contributed by atoms with Gasteiger partial charge in [0.2, 0.25) is 0 Å². The number of thioether (sulfide) groups is 1. The number of fused-ring (bicyclic) bond motifs is 5. The molecule has 0 unspecified atom stereocenters. The van der Waals surface area contributed by atoms with E-state index >= 15 is 0 Å². The lowest BCUT2D eigenvalue weighted by Gasteiger charge is -2.40. The van der Waals surface area contributed by atoms with Crippen molar-refractivity contribution >= 4 is 28.9 Å². The molecule has 0 fully saturated rings. The van der Waals surface area contributed by atoms with Gasteiger partial charge < -0.3 is 0 Å². The van der Waals surface area contributed by atoms with Crippen LogP contribution in [0.2, 0.25) is 0 Å². The van der Waals surface area contributed by atoms with Gasteiger partial charge in [-0.15, -0.1) is 23.1 Å². The number of Topliss-reactive ketones (excluding diaryl/α,β-unsaturated/α-hetero) is 1. The first-order valence-electron chi connectivity index (χ1n) is 6.49. The molecule has 0 amide bonds. The lowest BCUT2D eigenvalue weighted by atomic mass is 9.80. The molecule has 1 aliphatic carbocycles. The van der Waals surface area contributed by atoms with Crippen LogP contribution in [0.25, 0.3) is 0 Å². The molecular formula is C16H14OS2. The maximum absolute atomic E-state index is 12.7. The minimum absolute atomic E-state index is 0.0369. The van der Waals surface area contributed by atoms with E-state index in [4.69, 9.17) is 0 Å². The second-order valence-corrected chi connectivity index (χ2v) is 8.41. The standard InChI is InChI=1S/C16H14OS2/c1-16(2)13-12(9-5-3-4-6-11(9)19-16)14(17)10-7-8-18-15(10)13/h3-8,12-13H,1-2H3/t12-,13+/m0/s1. The quantitative estimate of drug-likeness (QED) is 0.698. The SMILES string of the molecule is CC1(C)Sc2ccccc2[C@@H]2C(=O)c3ccsc3[C@@H]21. The summed E-state index contributed by atoms with van der Waals surface area (Å²) in [5, 5.41) is 2.06. The Labute approximate surface area is 121 Å². The molecule has 1 aliphatic heterocycles. The number of carbonyl (C=O) groups excluding carboxylic acids is 1. The Hall–Kier alpha value is -1.06. The Morgan fingerprint density at radius 1 is 1.16 bits per heavy atom. The van der Waals surface area contributed by atoms with Crippen molar-refractivity contribution in [2.24, 2.45) is 0 Å². The predicted molar refractivity (Wildman–Crippen MR) is 80.5 cm³/mol. The predicted octanol–water partition coefficient (Wildman–Crippen LogP) is 4.70. The molecule has 2 heterocycles. The van der Waals surface area contributed by atoms with E-state index in [0.29, 0.717) is 11.7 Å². The summed E-state index contributed by atoms with van der Waals surface area (Å²) in [4.78, 5) is 15.3. The third-order valence-corrected chi connectivity index (χ3v) is 6.61. The van der Waals surface area contributed by atoms with E-state index in [0.717, 1.165) is 5.56 Å². The maximum atomic E-state index is 12.7. The van der Waals surface area contributed by atoms with Crippen molar-refractivity contribution in [3.8, 4) is 0 Å². The molecule has 0 radical (unpaired) electrons. The summed E-state index contributed by atoms with van der Waals surface area (Å²) >= 11 is 3.66. The van der Waals surface area contributed by atoms with Gasteiger partial charge >= 0.3 is 0 Å². The average molecular weight is 286 g/mol. The van der Waals surface area contributed by atoms with E-state index in [1.165, 1.54) is 15.3 Å². The molecule has 96 valence electrons.